The van der Waals surface area contributed by atoms with Crippen LogP contribution in [0, 0.1) is 0 Å². The van der Waals surface area contributed by atoms with Gasteiger partial charge < -0.3 is 9.47 Å². The van der Waals surface area contributed by atoms with Gasteiger partial charge in [-0.3, -0.25) is 4.55 Å². The van der Waals surface area contributed by atoms with E-state index >= 15 is 0 Å². The van der Waals surface area contributed by atoms with Crippen LogP contribution in [0.4, 0.5) is 0 Å². The Bertz CT molecular complexity index is 359. The van der Waals surface area contributed by atoms with E-state index in [-0.39, 0.29) is 0 Å². The molecule has 1 aromatic rings. The average Bonchev–Trinajstić information content (AvgIpc) is 2.15. The summed E-state index contributed by atoms with van der Waals surface area (Å²) in [6.45, 7) is 0. The molecule has 1 aromatic carbocycles. The molecular formula is C8H11ClO5S. The molecule has 1 rings (SSSR count). The number of rotatable bonds is 2. The molecule has 0 aliphatic carbocycles. The highest BCUT2D eigenvalue weighted by atomic mass is 35.7. The van der Waals surface area contributed by atoms with Crippen molar-refractivity contribution in [3.05, 3.63) is 24.3 Å². The fraction of sp³-hybridized carbons (Fsp3) is 0.250. The number of ether oxygens (including phenoxy) is 2. The van der Waals surface area contributed by atoms with Crippen molar-refractivity contribution in [2.45, 2.75) is 0 Å². The highest BCUT2D eigenvalue weighted by molar-refractivity contribution is 8.09. The van der Waals surface area contributed by atoms with Gasteiger partial charge >= 0.3 is 9.33 Å². The van der Waals surface area contributed by atoms with E-state index in [4.69, 9.17) is 22.4 Å². The van der Waals surface area contributed by atoms with Crippen LogP contribution >= 0.6 is 10.7 Å². The van der Waals surface area contributed by atoms with Gasteiger partial charge in [-0.1, -0.05) is 12.1 Å². The summed E-state index contributed by atoms with van der Waals surface area (Å²) in [5.41, 5.74) is 0. The molecule has 0 aliphatic heterocycles. The van der Waals surface area contributed by atoms with Gasteiger partial charge in [0, 0.05) is 10.7 Å². The zero-order valence-electron chi connectivity index (χ0n) is 8.18. The van der Waals surface area contributed by atoms with Crippen LogP contribution in [0.15, 0.2) is 24.3 Å². The lowest BCUT2D eigenvalue weighted by Gasteiger charge is -2.04. The minimum Gasteiger partial charge on any atom is -0.493 e. The van der Waals surface area contributed by atoms with E-state index in [2.05, 4.69) is 10.7 Å². The second-order valence-corrected chi connectivity index (χ2v) is 4.26. The highest BCUT2D eigenvalue weighted by Crippen LogP contribution is 2.24. The highest BCUT2D eigenvalue weighted by Gasteiger charge is 1.97. The van der Waals surface area contributed by atoms with E-state index in [0.29, 0.717) is 0 Å². The smallest absolute Gasteiger partial charge is 0.353 e. The van der Waals surface area contributed by atoms with Crippen molar-refractivity contribution in [3.63, 3.8) is 0 Å². The summed E-state index contributed by atoms with van der Waals surface area (Å²) in [5, 5.41) is 0. The lowest BCUT2D eigenvalue weighted by molar-refractivity contribution is 0.355. The second-order valence-electron chi connectivity index (χ2n) is 2.27. The van der Waals surface area contributed by atoms with Crippen LogP contribution < -0.4 is 9.47 Å². The number of para-hydroxylation sites is 2. The van der Waals surface area contributed by atoms with Crippen LogP contribution in [0.2, 0.25) is 0 Å². The van der Waals surface area contributed by atoms with Crippen molar-refractivity contribution < 1.29 is 22.4 Å². The molecule has 0 saturated carbocycles. The Morgan fingerprint density at radius 2 is 1.40 bits per heavy atom. The summed E-state index contributed by atoms with van der Waals surface area (Å²) in [6, 6.07) is 7.53. The molecule has 0 unspecified atom stereocenters. The van der Waals surface area contributed by atoms with Crippen molar-refractivity contribution >= 4 is 20.0 Å². The summed E-state index contributed by atoms with van der Waals surface area (Å²) in [4.78, 5) is 0. The standard InChI is InChI=1S/C8H10O2.ClHO3S/c1-9-7-5-3-4-6-8(7)10-2;1-5(2,3)4/h3-6H,1-2H3;(H,2,3,4). The molecule has 15 heavy (non-hydrogen) atoms. The third-order valence-electron chi connectivity index (χ3n) is 1.29. The summed E-state index contributed by atoms with van der Waals surface area (Å²) in [7, 11) is 3.11. The first-order chi connectivity index (χ1) is 6.88. The van der Waals surface area contributed by atoms with Crippen LogP contribution in [-0.4, -0.2) is 27.2 Å². The molecule has 0 saturated heterocycles. The molecule has 7 heteroatoms. The Hall–Kier alpha value is -0.980. The minimum absolute atomic E-state index is 0.769. The fourth-order valence-corrected chi connectivity index (χ4v) is 0.787. The van der Waals surface area contributed by atoms with Crippen molar-refractivity contribution in [1.29, 1.82) is 0 Å². The second kappa shape index (κ2) is 6.49. The van der Waals surface area contributed by atoms with Crippen LogP contribution in [0.25, 0.3) is 0 Å². The van der Waals surface area contributed by atoms with E-state index in [1.54, 1.807) is 14.2 Å². The molecule has 0 fully saturated rings. The SMILES string of the molecule is COc1ccccc1OC.O=S(=O)(O)Cl. The number of hydrogen-bond donors (Lipinski definition) is 1. The maximum atomic E-state index is 8.95. The van der Waals surface area contributed by atoms with Crippen molar-refractivity contribution in [1.82, 2.24) is 0 Å². The normalized spacial score (nSPS) is 9.87. The molecule has 0 radical (unpaired) electrons. The van der Waals surface area contributed by atoms with Crippen LogP contribution in [0.1, 0.15) is 0 Å². The van der Waals surface area contributed by atoms with Gasteiger partial charge in [0.05, 0.1) is 14.2 Å². The molecule has 0 heterocycles. The first kappa shape index (κ1) is 14.0. The zero-order valence-corrected chi connectivity index (χ0v) is 9.75. The van der Waals surface area contributed by atoms with E-state index in [1.807, 2.05) is 24.3 Å². The average molecular weight is 255 g/mol. The number of hydrogen-bond acceptors (Lipinski definition) is 4. The maximum Gasteiger partial charge on any atom is 0.353 e. The van der Waals surface area contributed by atoms with Crippen molar-refractivity contribution in [2.75, 3.05) is 14.2 Å². The molecular weight excluding hydrogens is 244 g/mol. The van der Waals surface area contributed by atoms with Gasteiger partial charge in [0.2, 0.25) is 0 Å². The number of benzene rings is 1. The minimum atomic E-state index is -4.19. The van der Waals surface area contributed by atoms with E-state index in [9.17, 15) is 0 Å². The topological polar surface area (TPSA) is 72.8 Å². The first-order valence-corrected chi connectivity index (χ1v) is 5.99. The lowest BCUT2D eigenvalue weighted by Crippen LogP contribution is -1.88. The Labute approximate surface area is 92.8 Å². The van der Waals surface area contributed by atoms with Gasteiger partial charge in [-0.2, -0.15) is 8.42 Å². The Balaban J connectivity index is 0.000000336. The van der Waals surface area contributed by atoms with Gasteiger partial charge in [-0.15, -0.1) is 0 Å². The maximum absolute atomic E-state index is 8.95. The molecule has 1 N–H and O–H groups in total. The summed E-state index contributed by atoms with van der Waals surface area (Å²) >= 11 is 0. The van der Waals surface area contributed by atoms with Crippen LogP contribution in [0.3, 0.4) is 0 Å². The van der Waals surface area contributed by atoms with Gasteiger partial charge in [0.1, 0.15) is 0 Å². The van der Waals surface area contributed by atoms with Gasteiger partial charge in [0.15, 0.2) is 11.5 Å². The largest absolute Gasteiger partial charge is 0.493 e. The molecule has 0 atom stereocenters. The Morgan fingerprint density at radius 1 is 1.13 bits per heavy atom. The molecule has 0 amide bonds. The predicted molar refractivity (Wildman–Crippen MR) is 56.9 cm³/mol. The molecule has 0 spiro atoms. The lowest BCUT2D eigenvalue weighted by atomic mass is 10.3. The van der Waals surface area contributed by atoms with Gasteiger partial charge in [0.25, 0.3) is 0 Å². The van der Waals surface area contributed by atoms with Gasteiger partial charge in [-0.05, 0) is 12.1 Å². The number of halogens is 1. The quantitative estimate of drug-likeness (QED) is 0.643. The number of methoxy groups -OCH3 is 2. The fourth-order valence-electron chi connectivity index (χ4n) is 0.787. The summed E-state index contributed by atoms with van der Waals surface area (Å²) < 4.78 is 35.2. The molecule has 0 aromatic heterocycles. The van der Waals surface area contributed by atoms with E-state index in [0.717, 1.165) is 11.5 Å². The third kappa shape index (κ3) is 8.04. The molecule has 5 nitrogen and oxygen atoms in total. The van der Waals surface area contributed by atoms with Gasteiger partial charge in [-0.25, -0.2) is 0 Å². The zero-order chi connectivity index (χ0) is 11.9. The molecule has 0 bridgehead atoms. The Kier molecular flexibility index (Phi) is 6.07. The molecule has 86 valence electrons. The monoisotopic (exact) mass is 254 g/mol. The van der Waals surface area contributed by atoms with E-state index in [1.165, 1.54) is 0 Å². The first-order valence-electron chi connectivity index (χ1n) is 3.72. The van der Waals surface area contributed by atoms with Crippen LogP contribution in [-0.2, 0) is 9.33 Å². The summed E-state index contributed by atoms with van der Waals surface area (Å²) in [5.74, 6) is 1.54. The third-order valence-corrected chi connectivity index (χ3v) is 1.29. The van der Waals surface area contributed by atoms with E-state index < -0.39 is 9.33 Å². The molecule has 0 aliphatic rings. The predicted octanol–water partition coefficient (Wildman–Crippen LogP) is 1.73. The Morgan fingerprint density at radius 3 is 1.60 bits per heavy atom. The van der Waals surface area contributed by atoms with Crippen molar-refractivity contribution in [3.8, 4) is 11.5 Å². The summed E-state index contributed by atoms with van der Waals surface area (Å²) in [6.07, 6.45) is 0. The van der Waals surface area contributed by atoms with Crippen molar-refractivity contribution in [2.24, 2.45) is 0 Å². The van der Waals surface area contributed by atoms with Crippen LogP contribution in [0.5, 0.6) is 11.5 Å².